The molecule has 3 heteroatoms. The Balaban J connectivity index is 0.000000490. The van der Waals surface area contributed by atoms with Crippen LogP contribution in [-0.4, -0.2) is 9.55 Å². The molecule has 1 aromatic heterocycles. The molecule has 38 valence electrons. The third kappa shape index (κ3) is 1.73. The van der Waals surface area contributed by atoms with E-state index in [9.17, 15) is 0 Å². The Kier molecular flexibility index (Phi) is 3.68. The van der Waals surface area contributed by atoms with E-state index in [0.29, 0.717) is 0 Å². The number of hydrogen-bond acceptors (Lipinski definition) is 1. The van der Waals surface area contributed by atoms with Gasteiger partial charge >= 0.3 is 18.9 Å². The Morgan fingerprint density at radius 2 is 2.38 bits per heavy atom. The summed E-state index contributed by atoms with van der Waals surface area (Å²) in [5.41, 5.74) is 0. The van der Waals surface area contributed by atoms with Gasteiger partial charge in [0.15, 0.2) is 0 Å². The summed E-state index contributed by atoms with van der Waals surface area (Å²) in [6, 6.07) is 0. The Morgan fingerprint density at radius 3 is 2.62 bits per heavy atom. The molecule has 0 fully saturated rings. The first-order chi connectivity index (χ1) is 3.43. The van der Waals surface area contributed by atoms with Crippen LogP contribution in [0.25, 0.3) is 0 Å². The van der Waals surface area contributed by atoms with E-state index >= 15 is 0 Å². The number of nitrogens with zero attached hydrogens (tertiary/aromatic N) is 2. The first kappa shape index (κ1) is 7.81. The summed E-state index contributed by atoms with van der Waals surface area (Å²) in [5.74, 6) is 0. The molecule has 0 aliphatic heterocycles. The summed E-state index contributed by atoms with van der Waals surface area (Å²) >= 11 is 0. The second kappa shape index (κ2) is 3.77. The average Bonchev–Trinajstić information content (AvgIpc) is 2.14. The van der Waals surface area contributed by atoms with Gasteiger partial charge in [-0.1, -0.05) is 0 Å². The van der Waals surface area contributed by atoms with Crippen LogP contribution < -0.4 is 18.9 Å². The van der Waals surface area contributed by atoms with Gasteiger partial charge in [0.1, 0.15) is 0 Å². The molecule has 0 radical (unpaired) electrons. The maximum absolute atomic E-state index is 3.82. The molecule has 0 saturated heterocycles. The molecule has 8 heavy (non-hydrogen) atoms. The van der Waals surface area contributed by atoms with E-state index in [2.05, 4.69) is 11.9 Å². The zero-order valence-corrected chi connectivity index (χ0v) is 5.04. The van der Waals surface area contributed by atoms with Crippen LogP contribution in [0.5, 0.6) is 0 Å². The third-order valence-electron chi connectivity index (χ3n) is 0.817. The van der Waals surface area contributed by atoms with Gasteiger partial charge in [0, 0.05) is 12.4 Å². The van der Waals surface area contributed by atoms with Gasteiger partial charge < -0.3 is 11.5 Å². The first-order valence-corrected chi connectivity index (χ1v) is 2.18. The Bertz CT molecular complexity index is 125. The van der Waals surface area contributed by atoms with Gasteiger partial charge in [-0.15, -0.1) is 6.54 Å². The Hall–Kier alpha value is -0.193. The molecule has 1 heterocycles. The van der Waals surface area contributed by atoms with Gasteiger partial charge in [0.05, 0.1) is 6.33 Å². The normalized spacial score (nSPS) is 8.12. The van der Waals surface area contributed by atoms with Crippen molar-refractivity contribution in [1.82, 2.24) is 9.55 Å². The van der Waals surface area contributed by atoms with Crippen LogP contribution in [0, 0.1) is 6.92 Å². The van der Waals surface area contributed by atoms with Crippen molar-refractivity contribution in [2.24, 2.45) is 0 Å². The van der Waals surface area contributed by atoms with E-state index in [1.54, 1.807) is 12.5 Å². The van der Waals surface area contributed by atoms with E-state index in [1.165, 1.54) is 0 Å². The molecule has 0 saturated carbocycles. The predicted molar refractivity (Wildman–Crippen MR) is 27.6 cm³/mol. The summed E-state index contributed by atoms with van der Waals surface area (Å²) in [6.07, 6.45) is 5.37. The van der Waals surface area contributed by atoms with Gasteiger partial charge in [-0.05, 0) is 0 Å². The van der Waals surface area contributed by atoms with Gasteiger partial charge in [0.25, 0.3) is 0 Å². The summed E-state index contributed by atoms with van der Waals surface area (Å²) in [7, 11) is 0. The molecule has 0 N–H and O–H groups in total. The molecular formula is C5H7LiN2. The van der Waals surface area contributed by atoms with Gasteiger partial charge in [-0.3, -0.25) is 0 Å². The second-order valence-corrected chi connectivity index (χ2v) is 1.30. The summed E-state index contributed by atoms with van der Waals surface area (Å²) in [6.45, 7) is 4.42. The Labute approximate surface area is 61.1 Å². The molecule has 1 aromatic rings. The van der Waals surface area contributed by atoms with Gasteiger partial charge in [0.2, 0.25) is 0 Å². The van der Waals surface area contributed by atoms with E-state index < -0.39 is 0 Å². The molecule has 0 spiro atoms. The minimum absolute atomic E-state index is 0. The summed E-state index contributed by atoms with van der Waals surface area (Å²) in [5, 5.41) is 0. The quantitative estimate of drug-likeness (QED) is 0.288. The molecule has 2 nitrogen and oxygen atoms in total. The SMILES string of the molecule is [CH2-]Cn1ccnc1.[Li+]. The molecular weight excluding hydrogens is 95.0 g/mol. The fourth-order valence-electron chi connectivity index (χ4n) is 0.419. The number of imidazole rings is 1. The first-order valence-electron chi connectivity index (χ1n) is 2.18. The average molecular weight is 102 g/mol. The van der Waals surface area contributed by atoms with Crippen LogP contribution in [0.4, 0.5) is 0 Å². The number of rotatable bonds is 1. The van der Waals surface area contributed by atoms with Crippen molar-refractivity contribution in [3.05, 3.63) is 25.6 Å². The third-order valence-corrected chi connectivity index (χ3v) is 0.817. The van der Waals surface area contributed by atoms with E-state index in [1.807, 2.05) is 10.8 Å². The molecule has 0 atom stereocenters. The fourth-order valence-corrected chi connectivity index (χ4v) is 0.419. The molecule has 0 aliphatic rings. The number of aromatic nitrogens is 2. The van der Waals surface area contributed by atoms with Gasteiger partial charge in [-0.25, -0.2) is 4.98 Å². The fraction of sp³-hybridized carbons (Fsp3) is 0.200. The molecule has 0 amide bonds. The van der Waals surface area contributed by atoms with Crippen molar-refractivity contribution < 1.29 is 18.9 Å². The van der Waals surface area contributed by atoms with Crippen molar-refractivity contribution in [2.75, 3.05) is 0 Å². The minimum atomic E-state index is 0. The second-order valence-electron chi connectivity index (χ2n) is 1.30. The monoisotopic (exact) mass is 102 g/mol. The van der Waals surface area contributed by atoms with Crippen LogP contribution in [0.3, 0.4) is 0 Å². The smallest absolute Gasteiger partial charge is 0.368 e. The summed E-state index contributed by atoms with van der Waals surface area (Å²) < 4.78 is 1.90. The van der Waals surface area contributed by atoms with Crippen molar-refractivity contribution in [3.8, 4) is 0 Å². The van der Waals surface area contributed by atoms with Crippen LogP contribution in [0.15, 0.2) is 18.7 Å². The molecule has 0 bridgehead atoms. The largest absolute Gasteiger partial charge is 1.00 e. The van der Waals surface area contributed by atoms with Crippen LogP contribution >= 0.6 is 0 Å². The molecule has 0 aliphatic carbocycles. The maximum Gasteiger partial charge on any atom is 1.00 e. The van der Waals surface area contributed by atoms with Crippen molar-refractivity contribution in [2.45, 2.75) is 6.54 Å². The predicted octanol–water partition coefficient (Wildman–Crippen LogP) is -2.28. The van der Waals surface area contributed by atoms with Crippen LogP contribution in [-0.2, 0) is 6.54 Å². The molecule has 1 rings (SSSR count). The van der Waals surface area contributed by atoms with Crippen molar-refractivity contribution in [3.63, 3.8) is 0 Å². The minimum Gasteiger partial charge on any atom is -0.368 e. The summed E-state index contributed by atoms with van der Waals surface area (Å²) in [4.78, 5) is 3.82. The van der Waals surface area contributed by atoms with Crippen LogP contribution in [0.1, 0.15) is 0 Å². The zero-order chi connectivity index (χ0) is 5.11. The zero-order valence-electron chi connectivity index (χ0n) is 5.04. The molecule has 0 unspecified atom stereocenters. The van der Waals surface area contributed by atoms with E-state index in [4.69, 9.17) is 0 Å². The van der Waals surface area contributed by atoms with E-state index in [0.717, 1.165) is 6.54 Å². The van der Waals surface area contributed by atoms with Gasteiger partial charge in [-0.2, -0.15) is 0 Å². The van der Waals surface area contributed by atoms with Crippen molar-refractivity contribution in [1.29, 1.82) is 0 Å². The van der Waals surface area contributed by atoms with Crippen molar-refractivity contribution >= 4 is 0 Å². The Morgan fingerprint density at radius 1 is 1.62 bits per heavy atom. The van der Waals surface area contributed by atoms with Crippen LogP contribution in [0.2, 0.25) is 0 Å². The maximum atomic E-state index is 3.82. The van der Waals surface area contributed by atoms with E-state index in [-0.39, 0.29) is 18.9 Å². The topological polar surface area (TPSA) is 17.8 Å². The molecule has 0 aromatic carbocycles. The number of hydrogen-bond donors (Lipinski definition) is 0. The standard InChI is InChI=1S/C5H7N2.Li/c1-2-7-4-3-6-5-7;/h3-5H,1-2H2;/q-1;+1.